The summed E-state index contributed by atoms with van der Waals surface area (Å²) in [6.07, 6.45) is 4.35. The van der Waals surface area contributed by atoms with Crippen LogP contribution in [0.4, 0.5) is 0 Å². The van der Waals surface area contributed by atoms with Gasteiger partial charge in [-0.15, -0.1) is 0 Å². The summed E-state index contributed by atoms with van der Waals surface area (Å²) in [5, 5.41) is 10.2. The van der Waals surface area contributed by atoms with Crippen LogP contribution in [0.15, 0.2) is 24.3 Å². The van der Waals surface area contributed by atoms with Crippen molar-refractivity contribution in [2.24, 2.45) is 5.92 Å². The molecule has 0 radical (unpaired) electrons. The van der Waals surface area contributed by atoms with Crippen molar-refractivity contribution in [1.82, 2.24) is 0 Å². The highest BCUT2D eigenvalue weighted by molar-refractivity contribution is 5.12. The summed E-state index contributed by atoms with van der Waals surface area (Å²) in [4.78, 5) is 0. The molecule has 0 amide bonds. The van der Waals surface area contributed by atoms with E-state index in [0.717, 1.165) is 37.7 Å². The second-order valence-electron chi connectivity index (χ2n) is 5.95. The Kier molecular flexibility index (Phi) is 3.46. The number of rotatable bonds is 1. The first-order valence-electron chi connectivity index (χ1n) is 6.61. The van der Waals surface area contributed by atoms with Gasteiger partial charge in [-0.25, -0.2) is 0 Å². The highest BCUT2D eigenvalue weighted by Gasteiger charge is 2.42. The highest BCUT2D eigenvalue weighted by Crippen LogP contribution is 2.41. The van der Waals surface area contributed by atoms with Gasteiger partial charge in [0.2, 0.25) is 0 Å². The van der Waals surface area contributed by atoms with E-state index in [1.165, 1.54) is 5.57 Å². The summed E-state index contributed by atoms with van der Waals surface area (Å²) >= 11 is 0. The first-order chi connectivity index (χ1) is 7.92. The predicted octanol–water partition coefficient (Wildman–Crippen LogP) is 3.22. The van der Waals surface area contributed by atoms with Gasteiger partial charge in [-0.05, 0) is 57.4 Å². The van der Waals surface area contributed by atoms with E-state index in [4.69, 9.17) is 4.74 Å². The Labute approximate surface area is 104 Å². The molecule has 0 aliphatic carbocycles. The van der Waals surface area contributed by atoms with Gasteiger partial charge in [-0.1, -0.05) is 18.7 Å². The molecule has 1 N–H and O–H groups in total. The summed E-state index contributed by atoms with van der Waals surface area (Å²) in [6, 6.07) is 0. The Bertz CT molecular complexity index is 334. The molecule has 96 valence electrons. The van der Waals surface area contributed by atoms with Crippen LogP contribution in [0.5, 0.6) is 0 Å². The highest BCUT2D eigenvalue weighted by atomic mass is 16.5. The van der Waals surface area contributed by atoms with Crippen molar-refractivity contribution in [3.05, 3.63) is 24.3 Å². The minimum atomic E-state index is -0.395. The molecule has 0 spiro atoms. The SMILES string of the molecule is C=C(C)C1CC[C@]2(C)O[C@H](C1)C(=C)CCC2O. The lowest BCUT2D eigenvalue weighted by atomic mass is 9.83. The molecule has 0 aromatic heterocycles. The van der Waals surface area contributed by atoms with E-state index in [9.17, 15) is 5.11 Å². The fraction of sp³-hybridized carbons (Fsp3) is 0.733. The molecule has 2 unspecified atom stereocenters. The standard InChI is InChI=1S/C15H24O2/c1-10(2)12-7-8-15(4)14(16)6-5-11(3)13(9-12)17-15/h12-14,16H,1,3,5-9H2,2,4H3/t12?,13-,14?,15+/m1/s1. The molecule has 0 saturated carbocycles. The minimum absolute atomic E-state index is 0.0985. The summed E-state index contributed by atoms with van der Waals surface area (Å²) in [5.74, 6) is 0.504. The number of aliphatic hydroxyl groups excluding tert-OH is 1. The van der Waals surface area contributed by atoms with E-state index in [-0.39, 0.29) is 12.2 Å². The number of allylic oxidation sites excluding steroid dienone is 1. The molecule has 2 aliphatic rings. The van der Waals surface area contributed by atoms with Crippen molar-refractivity contribution in [3.8, 4) is 0 Å². The van der Waals surface area contributed by atoms with Gasteiger partial charge in [-0.3, -0.25) is 0 Å². The molecule has 2 bridgehead atoms. The predicted molar refractivity (Wildman–Crippen MR) is 69.8 cm³/mol. The van der Waals surface area contributed by atoms with Crippen LogP contribution in [-0.2, 0) is 4.74 Å². The lowest BCUT2D eigenvalue weighted by molar-refractivity contribution is -0.126. The van der Waals surface area contributed by atoms with E-state index in [0.29, 0.717) is 5.92 Å². The fourth-order valence-electron chi connectivity index (χ4n) is 3.00. The van der Waals surface area contributed by atoms with Gasteiger partial charge in [0, 0.05) is 0 Å². The van der Waals surface area contributed by atoms with Crippen LogP contribution in [0.25, 0.3) is 0 Å². The van der Waals surface area contributed by atoms with Gasteiger partial charge in [0.25, 0.3) is 0 Å². The first-order valence-corrected chi connectivity index (χ1v) is 6.61. The molecule has 0 aromatic rings. The van der Waals surface area contributed by atoms with Crippen LogP contribution in [0, 0.1) is 5.92 Å². The topological polar surface area (TPSA) is 29.5 Å². The average molecular weight is 236 g/mol. The average Bonchev–Trinajstić information content (AvgIpc) is 2.50. The van der Waals surface area contributed by atoms with Crippen molar-refractivity contribution >= 4 is 0 Å². The Balaban J connectivity index is 2.26. The van der Waals surface area contributed by atoms with E-state index >= 15 is 0 Å². The van der Waals surface area contributed by atoms with Crippen molar-refractivity contribution in [1.29, 1.82) is 0 Å². The maximum atomic E-state index is 10.2. The number of aliphatic hydroxyl groups is 1. The van der Waals surface area contributed by atoms with Gasteiger partial charge in [0.05, 0.1) is 17.8 Å². The monoisotopic (exact) mass is 236 g/mol. The number of hydrogen-bond acceptors (Lipinski definition) is 2. The smallest absolute Gasteiger partial charge is 0.0920 e. The third kappa shape index (κ3) is 2.48. The van der Waals surface area contributed by atoms with Gasteiger partial charge < -0.3 is 9.84 Å². The zero-order chi connectivity index (χ0) is 12.6. The molecule has 2 aliphatic heterocycles. The van der Waals surface area contributed by atoms with Gasteiger partial charge in [0.1, 0.15) is 0 Å². The lowest BCUT2D eigenvalue weighted by Gasteiger charge is -2.33. The molecule has 0 aromatic carbocycles. The molecular weight excluding hydrogens is 212 g/mol. The maximum Gasteiger partial charge on any atom is 0.0920 e. The van der Waals surface area contributed by atoms with Crippen molar-refractivity contribution in [3.63, 3.8) is 0 Å². The van der Waals surface area contributed by atoms with Gasteiger partial charge >= 0.3 is 0 Å². The maximum absolute atomic E-state index is 10.2. The van der Waals surface area contributed by atoms with E-state index < -0.39 is 5.60 Å². The first kappa shape index (κ1) is 12.8. The number of fused-ring (bicyclic) bond motifs is 2. The molecule has 2 rings (SSSR count). The second-order valence-corrected chi connectivity index (χ2v) is 5.95. The van der Waals surface area contributed by atoms with E-state index in [1.54, 1.807) is 0 Å². The van der Waals surface area contributed by atoms with Crippen LogP contribution in [0.1, 0.15) is 46.0 Å². The normalized spacial score (nSPS) is 42.8. The van der Waals surface area contributed by atoms with Crippen molar-refractivity contribution in [2.75, 3.05) is 0 Å². The molecule has 4 atom stereocenters. The van der Waals surface area contributed by atoms with Crippen LogP contribution >= 0.6 is 0 Å². The molecule has 2 heteroatoms. The van der Waals surface area contributed by atoms with Crippen LogP contribution < -0.4 is 0 Å². The Hall–Kier alpha value is -0.600. The largest absolute Gasteiger partial charge is 0.390 e. The molecule has 2 heterocycles. The van der Waals surface area contributed by atoms with Crippen LogP contribution in [-0.4, -0.2) is 22.9 Å². The second kappa shape index (κ2) is 4.58. The van der Waals surface area contributed by atoms with Gasteiger partial charge in [0.15, 0.2) is 0 Å². The summed E-state index contributed by atoms with van der Waals surface area (Å²) in [6.45, 7) is 12.3. The third-order valence-electron chi connectivity index (χ3n) is 4.50. The Morgan fingerprint density at radius 3 is 2.82 bits per heavy atom. The Morgan fingerprint density at radius 1 is 1.47 bits per heavy atom. The molecular formula is C15H24O2. The molecule has 17 heavy (non-hydrogen) atoms. The van der Waals surface area contributed by atoms with Crippen molar-refractivity contribution in [2.45, 2.75) is 63.8 Å². The minimum Gasteiger partial charge on any atom is -0.390 e. The molecule has 2 nitrogen and oxygen atoms in total. The fourth-order valence-corrected chi connectivity index (χ4v) is 3.00. The summed E-state index contributed by atoms with van der Waals surface area (Å²) in [7, 11) is 0. The van der Waals surface area contributed by atoms with E-state index in [1.807, 2.05) is 6.92 Å². The zero-order valence-corrected chi connectivity index (χ0v) is 11.0. The van der Waals surface area contributed by atoms with Crippen LogP contribution in [0.3, 0.4) is 0 Å². The summed E-state index contributed by atoms with van der Waals surface area (Å²) < 4.78 is 6.17. The van der Waals surface area contributed by atoms with Crippen molar-refractivity contribution < 1.29 is 9.84 Å². The Morgan fingerprint density at radius 2 is 2.18 bits per heavy atom. The van der Waals surface area contributed by atoms with E-state index in [2.05, 4.69) is 20.1 Å². The lowest BCUT2D eigenvalue weighted by Crippen LogP contribution is -2.42. The summed E-state index contributed by atoms with van der Waals surface area (Å²) in [5.41, 5.74) is 1.97. The molecule has 2 fully saturated rings. The number of hydrogen-bond donors (Lipinski definition) is 1. The number of ether oxygens (including phenoxy) is 1. The quantitative estimate of drug-likeness (QED) is 0.708. The zero-order valence-electron chi connectivity index (χ0n) is 11.0. The molecule has 2 saturated heterocycles. The van der Waals surface area contributed by atoms with Gasteiger partial charge in [-0.2, -0.15) is 0 Å². The third-order valence-corrected chi connectivity index (χ3v) is 4.50. The van der Waals surface area contributed by atoms with Crippen LogP contribution in [0.2, 0.25) is 0 Å².